The van der Waals surface area contributed by atoms with E-state index < -0.39 is 12.0 Å². The van der Waals surface area contributed by atoms with Crippen LogP contribution in [-0.4, -0.2) is 31.1 Å². The number of thiophene rings is 1. The van der Waals surface area contributed by atoms with Crippen molar-refractivity contribution in [3.8, 4) is 5.75 Å². The molecule has 0 fully saturated rings. The minimum Gasteiger partial charge on any atom is -0.493 e. The Morgan fingerprint density at radius 1 is 1.11 bits per heavy atom. The van der Waals surface area contributed by atoms with Crippen molar-refractivity contribution in [3.05, 3.63) is 46.3 Å². The summed E-state index contributed by atoms with van der Waals surface area (Å²) in [5.74, 6) is -0.203. The molecular weight excluding hydrogens is 368 g/mol. The fourth-order valence-corrected chi connectivity index (χ4v) is 3.35. The van der Waals surface area contributed by atoms with Crippen molar-refractivity contribution >= 4 is 34.2 Å². The van der Waals surface area contributed by atoms with E-state index in [4.69, 9.17) is 9.47 Å². The minimum absolute atomic E-state index is 0.129. The van der Waals surface area contributed by atoms with Gasteiger partial charge in [-0.05, 0) is 38.5 Å². The maximum absolute atomic E-state index is 12.4. The van der Waals surface area contributed by atoms with E-state index in [1.54, 1.807) is 13.8 Å². The van der Waals surface area contributed by atoms with E-state index in [2.05, 4.69) is 10.6 Å². The predicted molar refractivity (Wildman–Crippen MR) is 103 cm³/mol. The molecule has 8 heteroatoms. The Kier molecular flexibility index (Phi) is 7.36. The van der Waals surface area contributed by atoms with Crippen molar-refractivity contribution < 1.29 is 23.9 Å². The van der Waals surface area contributed by atoms with E-state index in [0.29, 0.717) is 16.3 Å². The van der Waals surface area contributed by atoms with Gasteiger partial charge in [-0.1, -0.05) is 18.2 Å². The topological polar surface area (TPSA) is 93.7 Å². The molecule has 7 nitrogen and oxygen atoms in total. The second-order valence-corrected chi connectivity index (χ2v) is 6.85. The van der Waals surface area contributed by atoms with Crippen LogP contribution in [0.3, 0.4) is 0 Å². The lowest BCUT2D eigenvalue weighted by Gasteiger charge is -2.09. The standard InChI is InChI=1S/C19H22N2O5S/c1-4-25-19(24)21-17(23)16-12(2)13(3)27-18(16)20-15(22)10-11-26-14-8-6-5-7-9-14/h5-9H,4,10-11H2,1-3H3,(H,20,22)(H,21,23,24). The number of anilines is 1. The van der Waals surface area contributed by atoms with Gasteiger partial charge >= 0.3 is 6.09 Å². The maximum atomic E-state index is 12.4. The summed E-state index contributed by atoms with van der Waals surface area (Å²) >= 11 is 1.28. The summed E-state index contributed by atoms with van der Waals surface area (Å²) in [6.45, 7) is 5.62. The van der Waals surface area contributed by atoms with E-state index >= 15 is 0 Å². The van der Waals surface area contributed by atoms with Gasteiger partial charge in [-0.3, -0.25) is 14.9 Å². The number of hydrogen-bond acceptors (Lipinski definition) is 6. The Hall–Kier alpha value is -2.87. The first-order valence-corrected chi connectivity index (χ1v) is 9.29. The number of alkyl carbamates (subject to hydrolysis) is 1. The summed E-state index contributed by atoms with van der Waals surface area (Å²) in [5, 5.41) is 5.29. The van der Waals surface area contributed by atoms with Gasteiger partial charge in [0.05, 0.1) is 25.2 Å². The van der Waals surface area contributed by atoms with Crippen LogP contribution in [0.5, 0.6) is 5.75 Å². The largest absolute Gasteiger partial charge is 0.493 e. The first-order chi connectivity index (χ1) is 12.9. The van der Waals surface area contributed by atoms with Crippen LogP contribution >= 0.6 is 11.3 Å². The molecule has 0 aliphatic rings. The van der Waals surface area contributed by atoms with Gasteiger partial charge < -0.3 is 14.8 Å². The molecule has 0 saturated carbocycles. The Balaban J connectivity index is 1.98. The van der Waals surface area contributed by atoms with E-state index in [1.807, 2.05) is 37.3 Å². The lowest BCUT2D eigenvalue weighted by atomic mass is 10.1. The SMILES string of the molecule is CCOC(=O)NC(=O)c1c(NC(=O)CCOc2ccccc2)sc(C)c1C. The van der Waals surface area contributed by atoms with Crippen molar-refractivity contribution in [2.24, 2.45) is 0 Å². The van der Waals surface area contributed by atoms with Gasteiger partial charge in [0.25, 0.3) is 5.91 Å². The van der Waals surface area contributed by atoms with E-state index in [9.17, 15) is 14.4 Å². The molecule has 0 aliphatic heterocycles. The number of nitrogens with one attached hydrogen (secondary N) is 2. The molecule has 0 aliphatic carbocycles. The molecule has 0 spiro atoms. The van der Waals surface area contributed by atoms with Gasteiger partial charge in [0, 0.05) is 4.88 Å². The van der Waals surface area contributed by atoms with Crippen LogP contribution in [0.2, 0.25) is 0 Å². The molecule has 2 N–H and O–H groups in total. The molecule has 2 rings (SSSR count). The van der Waals surface area contributed by atoms with Crippen LogP contribution in [0.1, 0.15) is 34.1 Å². The molecular formula is C19H22N2O5S. The third kappa shape index (κ3) is 5.82. The summed E-state index contributed by atoms with van der Waals surface area (Å²) in [5.41, 5.74) is 0.973. The zero-order chi connectivity index (χ0) is 19.8. The van der Waals surface area contributed by atoms with Crippen LogP contribution in [0.4, 0.5) is 9.80 Å². The van der Waals surface area contributed by atoms with Crippen LogP contribution in [0.25, 0.3) is 0 Å². The quantitative estimate of drug-likeness (QED) is 0.752. The van der Waals surface area contributed by atoms with Gasteiger partial charge in [0.15, 0.2) is 0 Å². The van der Waals surface area contributed by atoms with Crippen LogP contribution in [0.15, 0.2) is 30.3 Å². The second kappa shape index (κ2) is 9.72. The molecule has 3 amide bonds. The highest BCUT2D eigenvalue weighted by atomic mass is 32.1. The third-order valence-electron chi connectivity index (χ3n) is 3.70. The summed E-state index contributed by atoms with van der Waals surface area (Å²) in [6, 6.07) is 9.19. The van der Waals surface area contributed by atoms with Crippen LogP contribution in [0, 0.1) is 13.8 Å². The normalized spacial score (nSPS) is 10.2. The van der Waals surface area contributed by atoms with E-state index in [0.717, 1.165) is 4.88 Å². The summed E-state index contributed by atoms with van der Waals surface area (Å²) in [4.78, 5) is 37.0. The number of para-hydroxylation sites is 1. The fourth-order valence-electron chi connectivity index (χ4n) is 2.28. The molecule has 1 aromatic heterocycles. The van der Waals surface area contributed by atoms with Crippen molar-refractivity contribution in [1.29, 1.82) is 0 Å². The highest BCUT2D eigenvalue weighted by Crippen LogP contribution is 2.32. The molecule has 1 heterocycles. The van der Waals surface area contributed by atoms with Crippen molar-refractivity contribution in [2.45, 2.75) is 27.2 Å². The first kappa shape index (κ1) is 20.4. The Bertz CT molecular complexity index is 817. The smallest absolute Gasteiger partial charge is 0.414 e. The number of ether oxygens (including phenoxy) is 2. The highest BCUT2D eigenvalue weighted by Gasteiger charge is 2.22. The number of imide groups is 1. The minimum atomic E-state index is -0.820. The second-order valence-electron chi connectivity index (χ2n) is 5.62. The molecule has 0 atom stereocenters. The Labute approximate surface area is 161 Å². The zero-order valence-electron chi connectivity index (χ0n) is 15.5. The fraction of sp³-hybridized carbons (Fsp3) is 0.316. The molecule has 2 aromatic rings. The van der Waals surface area contributed by atoms with Gasteiger partial charge in [0.2, 0.25) is 5.91 Å². The lowest BCUT2D eigenvalue weighted by Crippen LogP contribution is -2.32. The van der Waals surface area contributed by atoms with Gasteiger partial charge in [-0.15, -0.1) is 11.3 Å². The van der Waals surface area contributed by atoms with Crippen molar-refractivity contribution in [3.63, 3.8) is 0 Å². The zero-order valence-corrected chi connectivity index (χ0v) is 16.3. The number of benzene rings is 1. The number of aryl methyl sites for hydroxylation is 1. The lowest BCUT2D eigenvalue weighted by molar-refractivity contribution is -0.116. The van der Waals surface area contributed by atoms with Gasteiger partial charge in [-0.2, -0.15) is 0 Å². The third-order valence-corrected chi connectivity index (χ3v) is 4.82. The van der Waals surface area contributed by atoms with Gasteiger partial charge in [0.1, 0.15) is 10.8 Å². The molecule has 0 saturated heterocycles. The molecule has 144 valence electrons. The van der Waals surface area contributed by atoms with E-state index in [-0.39, 0.29) is 31.1 Å². The number of hydrogen-bond donors (Lipinski definition) is 2. The molecule has 1 aromatic carbocycles. The average Bonchev–Trinajstić information content (AvgIpc) is 2.89. The summed E-state index contributed by atoms with van der Waals surface area (Å²) in [6.07, 6.45) is -0.691. The average molecular weight is 390 g/mol. The number of rotatable bonds is 7. The monoisotopic (exact) mass is 390 g/mol. The van der Waals surface area contributed by atoms with Crippen molar-refractivity contribution in [2.75, 3.05) is 18.5 Å². The van der Waals surface area contributed by atoms with Gasteiger partial charge in [-0.25, -0.2) is 4.79 Å². The molecule has 0 radical (unpaired) electrons. The van der Waals surface area contributed by atoms with Crippen LogP contribution in [-0.2, 0) is 9.53 Å². The number of amides is 3. The predicted octanol–water partition coefficient (Wildman–Crippen LogP) is 3.66. The first-order valence-electron chi connectivity index (χ1n) is 8.48. The summed E-state index contributed by atoms with van der Waals surface area (Å²) < 4.78 is 10.2. The van der Waals surface area contributed by atoms with E-state index in [1.165, 1.54) is 11.3 Å². The Morgan fingerprint density at radius 2 is 1.81 bits per heavy atom. The maximum Gasteiger partial charge on any atom is 0.414 e. The Morgan fingerprint density at radius 3 is 2.48 bits per heavy atom. The number of carbonyl (C=O) groups is 3. The molecule has 27 heavy (non-hydrogen) atoms. The molecule has 0 bridgehead atoms. The molecule has 0 unspecified atom stereocenters. The number of carbonyl (C=O) groups excluding carboxylic acids is 3. The summed E-state index contributed by atoms with van der Waals surface area (Å²) in [7, 11) is 0. The van der Waals surface area contributed by atoms with Crippen LogP contribution < -0.4 is 15.4 Å². The van der Waals surface area contributed by atoms with Crippen molar-refractivity contribution in [1.82, 2.24) is 5.32 Å². The highest BCUT2D eigenvalue weighted by molar-refractivity contribution is 7.16.